The van der Waals surface area contributed by atoms with Crippen LogP contribution in [0.5, 0.6) is 0 Å². The van der Waals surface area contributed by atoms with E-state index >= 15 is 0 Å². The topological polar surface area (TPSA) is 125 Å². The van der Waals surface area contributed by atoms with Crippen molar-refractivity contribution >= 4 is 34.4 Å². The van der Waals surface area contributed by atoms with Gasteiger partial charge in [0.05, 0.1) is 60.4 Å². The van der Waals surface area contributed by atoms with Crippen molar-refractivity contribution in [3.05, 3.63) is 41.4 Å². The summed E-state index contributed by atoms with van der Waals surface area (Å²) in [5, 5.41) is 16.4. The Labute approximate surface area is 174 Å². The molecule has 0 bridgehead atoms. The average molecular weight is 404 g/mol. The van der Waals surface area contributed by atoms with E-state index < -0.39 is 0 Å². The van der Waals surface area contributed by atoms with Gasteiger partial charge in [0.15, 0.2) is 0 Å². The van der Waals surface area contributed by atoms with Crippen molar-refractivity contribution in [3.8, 4) is 6.07 Å². The smallest absolute Gasteiger partial charge is 0.230 e. The van der Waals surface area contributed by atoms with Gasteiger partial charge in [0, 0.05) is 29.4 Å². The molecule has 0 aliphatic carbocycles. The second kappa shape index (κ2) is 8.51. The Morgan fingerprint density at radius 1 is 1.43 bits per heavy atom. The van der Waals surface area contributed by atoms with Gasteiger partial charge in [-0.2, -0.15) is 5.26 Å². The number of amides is 1. The van der Waals surface area contributed by atoms with E-state index in [4.69, 9.17) is 10.5 Å². The van der Waals surface area contributed by atoms with Crippen LogP contribution >= 0.6 is 0 Å². The van der Waals surface area contributed by atoms with Crippen LogP contribution in [0.4, 0.5) is 11.4 Å². The molecule has 1 aromatic carbocycles. The van der Waals surface area contributed by atoms with Gasteiger partial charge >= 0.3 is 0 Å². The molecular weight excluding hydrogens is 380 g/mol. The number of nitrogen functional groups attached to an aromatic ring is 1. The number of rotatable bonds is 4. The van der Waals surface area contributed by atoms with Crippen molar-refractivity contribution < 1.29 is 9.53 Å². The first-order valence-electron chi connectivity index (χ1n) is 10.0. The number of anilines is 2. The number of nitrogens with one attached hydrogen (secondary N) is 2. The van der Waals surface area contributed by atoms with Gasteiger partial charge in [-0.15, -0.1) is 0 Å². The molecule has 8 heteroatoms. The molecule has 154 valence electrons. The lowest BCUT2D eigenvalue weighted by Gasteiger charge is -2.29. The fourth-order valence-corrected chi connectivity index (χ4v) is 3.96. The first kappa shape index (κ1) is 19.9. The molecule has 30 heavy (non-hydrogen) atoms. The first-order chi connectivity index (χ1) is 14.6. The van der Waals surface area contributed by atoms with Crippen LogP contribution in [0.2, 0.25) is 0 Å². The molecule has 1 unspecified atom stereocenters. The summed E-state index contributed by atoms with van der Waals surface area (Å²) in [5.74, 6) is -0.157. The fourth-order valence-electron chi connectivity index (χ4n) is 3.96. The van der Waals surface area contributed by atoms with Gasteiger partial charge in [-0.25, -0.2) is 0 Å². The highest BCUT2D eigenvalue weighted by Gasteiger charge is 2.26. The third-order valence-electron chi connectivity index (χ3n) is 5.53. The number of ether oxygens (including phenoxy) is 1. The first-order valence-corrected chi connectivity index (χ1v) is 10.0. The number of nitrogens with two attached hydrogens (primary N) is 1. The summed E-state index contributed by atoms with van der Waals surface area (Å²) >= 11 is 0. The standard InChI is InChI=1S/C22H24N6O2/c1-13-2-3-15(12-30-13)20-14(9-23)4-5-17-21(20)22(24)18(11-27-17)28-19(29)8-16-10-25-6-7-26-16/h4-6,10-11,13,15,26H,2-3,7-8,12H2,1H3,(H2,24,27)(H,28,29)/t13-,15?/m1/s1. The zero-order valence-corrected chi connectivity index (χ0v) is 16.8. The van der Waals surface area contributed by atoms with Gasteiger partial charge in [0.1, 0.15) is 0 Å². The molecule has 3 heterocycles. The SMILES string of the molecule is C[C@@H]1CCC(c2c(C#N)ccc3ncc(NC(=O)CC4=CN=CCN4)c(N)c23)CO1. The van der Waals surface area contributed by atoms with Crippen LogP contribution in [0.25, 0.3) is 10.9 Å². The third-order valence-corrected chi connectivity index (χ3v) is 5.53. The Balaban J connectivity index is 1.69. The number of nitriles is 1. The molecule has 0 spiro atoms. The van der Waals surface area contributed by atoms with Crippen molar-refractivity contribution in [1.82, 2.24) is 10.3 Å². The number of hydrogen-bond acceptors (Lipinski definition) is 7. The van der Waals surface area contributed by atoms with Gasteiger partial charge < -0.3 is 21.1 Å². The van der Waals surface area contributed by atoms with Gasteiger partial charge in [0.25, 0.3) is 0 Å². The lowest BCUT2D eigenvalue weighted by molar-refractivity contribution is -0.115. The fraction of sp³-hybridized carbons (Fsp3) is 0.364. The van der Waals surface area contributed by atoms with E-state index in [9.17, 15) is 10.1 Å². The molecule has 2 aliphatic rings. The minimum absolute atomic E-state index is 0.0593. The molecule has 1 amide bonds. The third kappa shape index (κ3) is 3.98. The highest BCUT2D eigenvalue weighted by atomic mass is 16.5. The predicted molar refractivity (Wildman–Crippen MR) is 116 cm³/mol. The summed E-state index contributed by atoms with van der Waals surface area (Å²) in [6, 6.07) is 5.85. The molecule has 8 nitrogen and oxygen atoms in total. The van der Waals surface area contributed by atoms with Crippen LogP contribution in [0.15, 0.2) is 35.2 Å². The zero-order valence-electron chi connectivity index (χ0n) is 16.8. The number of pyridine rings is 1. The normalized spacial score (nSPS) is 20.9. The minimum atomic E-state index is -0.216. The quantitative estimate of drug-likeness (QED) is 0.719. The van der Waals surface area contributed by atoms with Crippen LogP contribution in [-0.2, 0) is 9.53 Å². The van der Waals surface area contributed by atoms with Gasteiger partial charge in [0.2, 0.25) is 5.91 Å². The number of aromatic nitrogens is 1. The maximum absolute atomic E-state index is 12.5. The van der Waals surface area contributed by atoms with Crippen molar-refractivity contribution in [2.24, 2.45) is 4.99 Å². The summed E-state index contributed by atoms with van der Waals surface area (Å²) in [5.41, 5.74) is 10.2. The van der Waals surface area contributed by atoms with E-state index in [1.165, 1.54) is 0 Å². The maximum atomic E-state index is 12.5. The Bertz CT molecular complexity index is 1080. The highest BCUT2D eigenvalue weighted by molar-refractivity contribution is 6.04. The Hall–Kier alpha value is -3.44. The van der Waals surface area contributed by atoms with Crippen LogP contribution in [0, 0.1) is 11.3 Å². The van der Waals surface area contributed by atoms with Crippen LogP contribution < -0.4 is 16.4 Å². The molecule has 2 aromatic rings. The van der Waals surface area contributed by atoms with Gasteiger partial charge in [-0.3, -0.25) is 14.8 Å². The van der Waals surface area contributed by atoms with Crippen LogP contribution in [-0.4, -0.2) is 36.4 Å². The van der Waals surface area contributed by atoms with Crippen molar-refractivity contribution in [1.29, 1.82) is 5.26 Å². The Kier molecular flexibility index (Phi) is 5.63. The van der Waals surface area contributed by atoms with E-state index in [0.29, 0.717) is 35.6 Å². The lowest BCUT2D eigenvalue weighted by atomic mass is 9.85. The number of benzene rings is 1. The van der Waals surface area contributed by atoms with Gasteiger partial charge in [-0.05, 0) is 37.5 Å². The van der Waals surface area contributed by atoms with E-state index in [2.05, 4.69) is 33.6 Å². The highest BCUT2D eigenvalue weighted by Crippen LogP contribution is 2.39. The minimum Gasteiger partial charge on any atom is -0.396 e. The molecule has 4 N–H and O–H groups in total. The molecule has 0 saturated carbocycles. The molecule has 4 rings (SSSR count). The summed E-state index contributed by atoms with van der Waals surface area (Å²) < 4.78 is 5.85. The summed E-state index contributed by atoms with van der Waals surface area (Å²) in [6.45, 7) is 3.18. The number of carbonyl (C=O) groups excluding carboxylic acids is 1. The van der Waals surface area contributed by atoms with E-state index in [0.717, 1.165) is 29.5 Å². The second-order valence-electron chi connectivity index (χ2n) is 7.63. The van der Waals surface area contributed by atoms with Crippen molar-refractivity contribution in [2.45, 2.75) is 38.2 Å². The lowest BCUT2D eigenvalue weighted by Crippen LogP contribution is -2.24. The molecular formula is C22H24N6O2. The predicted octanol–water partition coefficient (Wildman–Crippen LogP) is 2.82. The number of carbonyl (C=O) groups is 1. The Morgan fingerprint density at radius 3 is 3.00 bits per heavy atom. The maximum Gasteiger partial charge on any atom is 0.230 e. The average Bonchev–Trinajstić information content (AvgIpc) is 2.76. The largest absolute Gasteiger partial charge is 0.396 e. The second-order valence-corrected chi connectivity index (χ2v) is 7.63. The van der Waals surface area contributed by atoms with E-state index in [-0.39, 0.29) is 24.3 Å². The number of fused-ring (bicyclic) bond motifs is 1. The monoisotopic (exact) mass is 404 g/mol. The van der Waals surface area contributed by atoms with Crippen LogP contribution in [0.3, 0.4) is 0 Å². The molecule has 0 radical (unpaired) electrons. The molecule has 1 fully saturated rings. The number of hydrogen-bond donors (Lipinski definition) is 3. The molecule has 2 atom stereocenters. The zero-order chi connectivity index (χ0) is 21.1. The summed E-state index contributed by atoms with van der Waals surface area (Å²) in [7, 11) is 0. The van der Waals surface area contributed by atoms with E-state index in [1.54, 1.807) is 30.7 Å². The Morgan fingerprint density at radius 2 is 2.30 bits per heavy atom. The summed E-state index contributed by atoms with van der Waals surface area (Å²) in [4.78, 5) is 21.1. The summed E-state index contributed by atoms with van der Waals surface area (Å²) in [6.07, 6.45) is 7.12. The van der Waals surface area contributed by atoms with Crippen molar-refractivity contribution in [2.75, 3.05) is 24.2 Å². The van der Waals surface area contributed by atoms with E-state index in [1.807, 2.05) is 0 Å². The van der Waals surface area contributed by atoms with Gasteiger partial charge in [-0.1, -0.05) is 0 Å². The molecule has 2 aliphatic heterocycles. The van der Waals surface area contributed by atoms with Crippen molar-refractivity contribution in [3.63, 3.8) is 0 Å². The molecule has 1 saturated heterocycles. The van der Waals surface area contributed by atoms with Crippen LogP contribution in [0.1, 0.15) is 43.2 Å². The molecule has 1 aromatic heterocycles. The number of aliphatic imine (C=N–C) groups is 1. The number of nitrogens with zero attached hydrogens (tertiary/aromatic N) is 3.